The monoisotopic (exact) mass is 249 g/mol. The summed E-state index contributed by atoms with van der Waals surface area (Å²) in [5.41, 5.74) is 7.97. The van der Waals surface area contributed by atoms with Crippen molar-refractivity contribution in [2.24, 2.45) is 12.8 Å². The average Bonchev–Trinajstić information content (AvgIpc) is 2.73. The lowest BCUT2D eigenvalue weighted by Gasteiger charge is -2.14. The zero-order chi connectivity index (χ0) is 13.1. The summed E-state index contributed by atoms with van der Waals surface area (Å²) >= 11 is 0. The highest BCUT2D eigenvalue weighted by molar-refractivity contribution is 5.30. The maximum Gasteiger partial charge on any atom is 0.161 e. The summed E-state index contributed by atoms with van der Waals surface area (Å²) in [6, 6.07) is 6.10. The SMILES string of the molecule is COc1cnn(C)c1C(N)Cc1ccc(F)cc1. The molecule has 96 valence electrons. The smallest absolute Gasteiger partial charge is 0.161 e. The van der Waals surface area contributed by atoms with Crippen molar-refractivity contribution in [3.05, 3.63) is 47.5 Å². The van der Waals surface area contributed by atoms with Gasteiger partial charge in [0.1, 0.15) is 5.82 Å². The molecular formula is C13H16FN3O. The standard InChI is InChI=1S/C13H16FN3O/c1-17-13(12(18-2)8-16-17)11(15)7-9-3-5-10(14)6-4-9/h3-6,8,11H,7,15H2,1-2H3. The van der Waals surface area contributed by atoms with Crippen molar-refractivity contribution < 1.29 is 9.13 Å². The summed E-state index contributed by atoms with van der Waals surface area (Å²) < 4.78 is 19.7. The van der Waals surface area contributed by atoms with Crippen LogP contribution in [0.2, 0.25) is 0 Å². The van der Waals surface area contributed by atoms with E-state index < -0.39 is 0 Å². The summed E-state index contributed by atoms with van der Waals surface area (Å²) in [5, 5.41) is 4.12. The first kappa shape index (κ1) is 12.6. The molecule has 1 atom stereocenters. The van der Waals surface area contributed by atoms with Crippen molar-refractivity contribution in [2.75, 3.05) is 7.11 Å². The third-order valence-electron chi connectivity index (χ3n) is 2.89. The summed E-state index contributed by atoms with van der Waals surface area (Å²) in [7, 11) is 3.41. The number of ether oxygens (including phenoxy) is 1. The van der Waals surface area contributed by atoms with E-state index in [2.05, 4.69) is 5.10 Å². The number of halogens is 1. The number of aryl methyl sites for hydroxylation is 1. The second-order valence-corrected chi connectivity index (χ2v) is 4.16. The topological polar surface area (TPSA) is 53.1 Å². The van der Waals surface area contributed by atoms with Crippen LogP contribution in [0.4, 0.5) is 4.39 Å². The summed E-state index contributed by atoms with van der Waals surface area (Å²) in [6.07, 6.45) is 2.25. The van der Waals surface area contributed by atoms with Crippen LogP contribution in [0.1, 0.15) is 17.3 Å². The number of nitrogens with zero attached hydrogens (tertiary/aromatic N) is 2. The van der Waals surface area contributed by atoms with E-state index in [0.29, 0.717) is 12.2 Å². The predicted octanol–water partition coefficient (Wildman–Crippen LogP) is 1.81. The average molecular weight is 249 g/mol. The minimum absolute atomic E-state index is 0.238. The van der Waals surface area contributed by atoms with Crippen LogP contribution in [0.5, 0.6) is 5.75 Å². The highest BCUT2D eigenvalue weighted by Gasteiger charge is 2.17. The molecule has 1 aromatic heterocycles. The fraction of sp³-hybridized carbons (Fsp3) is 0.308. The Kier molecular flexibility index (Phi) is 3.62. The van der Waals surface area contributed by atoms with Crippen LogP contribution < -0.4 is 10.5 Å². The summed E-state index contributed by atoms with van der Waals surface area (Å²) in [4.78, 5) is 0. The van der Waals surface area contributed by atoms with Gasteiger partial charge in [0.25, 0.3) is 0 Å². The van der Waals surface area contributed by atoms with Crippen molar-refractivity contribution in [1.29, 1.82) is 0 Å². The van der Waals surface area contributed by atoms with Gasteiger partial charge < -0.3 is 10.5 Å². The molecule has 1 heterocycles. The minimum atomic E-state index is -0.245. The molecule has 0 amide bonds. The van der Waals surface area contributed by atoms with Crippen molar-refractivity contribution in [3.8, 4) is 5.75 Å². The van der Waals surface area contributed by atoms with Crippen LogP contribution >= 0.6 is 0 Å². The maximum atomic E-state index is 12.8. The Morgan fingerprint density at radius 1 is 1.39 bits per heavy atom. The van der Waals surface area contributed by atoms with Crippen molar-refractivity contribution in [1.82, 2.24) is 9.78 Å². The van der Waals surface area contributed by atoms with E-state index in [9.17, 15) is 4.39 Å². The van der Waals surface area contributed by atoms with Gasteiger partial charge in [0.2, 0.25) is 0 Å². The Morgan fingerprint density at radius 2 is 2.06 bits per heavy atom. The molecule has 0 aliphatic heterocycles. The summed E-state index contributed by atoms with van der Waals surface area (Å²) in [6.45, 7) is 0. The van der Waals surface area contributed by atoms with Gasteiger partial charge in [-0.3, -0.25) is 4.68 Å². The minimum Gasteiger partial charge on any atom is -0.493 e. The quantitative estimate of drug-likeness (QED) is 0.899. The summed E-state index contributed by atoms with van der Waals surface area (Å²) in [5.74, 6) is 0.428. The molecule has 0 fully saturated rings. The highest BCUT2D eigenvalue weighted by atomic mass is 19.1. The van der Waals surface area contributed by atoms with Gasteiger partial charge in [0.15, 0.2) is 5.75 Å². The molecule has 2 rings (SSSR count). The van der Waals surface area contributed by atoms with E-state index in [-0.39, 0.29) is 11.9 Å². The van der Waals surface area contributed by atoms with Gasteiger partial charge in [0, 0.05) is 7.05 Å². The molecule has 18 heavy (non-hydrogen) atoms. The maximum absolute atomic E-state index is 12.8. The first-order valence-electron chi connectivity index (χ1n) is 5.67. The van der Waals surface area contributed by atoms with Crippen molar-refractivity contribution in [2.45, 2.75) is 12.5 Å². The number of nitrogens with two attached hydrogens (primary N) is 1. The van der Waals surface area contributed by atoms with Crippen molar-refractivity contribution >= 4 is 0 Å². The molecule has 0 radical (unpaired) electrons. The Labute approximate surface area is 105 Å². The highest BCUT2D eigenvalue weighted by Crippen LogP contribution is 2.25. The molecule has 1 aromatic carbocycles. The Hall–Kier alpha value is -1.88. The molecule has 2 aromatic rings. The van der Waals surface area contributed by atoms with Crippen LogP contribution in [-0.2, 0) is 13.5 Å². The molecule has 0 bridgehead atoms. The van der Waals surface area contributed by atoms with E-state index in [0.717, 1.165) is 11.3 Å². The van der Waals surface area contributed by atoms with Gasteiger partial charge in [-0.05, 0) is 24.1 Å². The van der Waals surface area contributed by atoms with Gasteiger partial charge in [-0.25, -0.2) is 4.39 Å². The molecular weight excluding hydrogens is 233 g/mol. The molecule has 4 nitrogen and oxygen atoms in total. The van der Waals surface area contributed by atoms with Crippen LogP contribution in [0.15, 0.2) is 30.5 Å². The van der Waals surface area contributed by atoms with Crippen LogP contribution in [-0.4, -0.2) is 16.9 Å². The van der Waals surface area contributed by atoms with Crippen LogP contribution in [0, 0.1) is 5.82 Å². The second kappa shape index (κ2) is 5.18. The Bertz CT molecular complexity index is 522. The number of rotatable bonds is 4. The molecule has 2 N–H and O–H groups in total. The number of hydrogen-bond acceptors (Lipinski definition) is 3. The Morgan fingerprint density at radius 3 is 2.67 bits per heavy atom. The van der Waals surface area contributed by atoms with Gasteiger partial charge in [-0.1, -0.05) is 12.1 Å². The predicted molar refractivity (Wildman–Crippen MR) is 66.8 cm³/mol. The zero-order valence-corrected chi connectivity index (χ0v) is 10.4. The lowest BCUT2D eigenvalue weighted by atomic mass is 10.0. The molecule has 0 saturated carbocycles. The number of benzene rings is 1. The van der Waals surface area contributed by atoms with E-state index in [4.69, 9.17) is 10.5 Å². The lowest BCUT2D eigenvalue weighted by molar-refractivity contribution is 0.402. The third-order valence-corrected chi connectivity index (χ3v) is 2.89. The van der Waals surface area contributed by atoms with Gasteiger partial charge >= 0.3 is 0 Å². The van der Waals surface area contributed by atoms with Crippen LogP contribution in [0.25, 0.3) is 0 Å². The molecule has 0 spiro atoms. The number of aromatic nitrogens is 2. The van der Waals surface area contributed by atoms with Crippen molar-refractivity contribution in [3.63, 3.8) is 0 Å². The lowest BCUT2D eigenvalue weighted by Crippen LogP contribution is -2.18. The zero-order valence-electron chi connectivity index (χ0n) is 10.4. The van der Waals surface area contributed by atoms with Crippen LogP contribution in [0.3, 0.4) is 0 Å². The van der Waals surface area contributed by atoms with E-state index >= 15 is 0 Å². The normalized spacial score (nSPS) is 12.4. The molecule has 0 aliphatic rings. The molecule has 0 saturated heterocycles. The number of hydrogen-bond donors (Lipinski definition) is 1. The fourth-order valence-electron chi connectivity index (χ4n) is 1.98. The van der Waals surface area contributed by atoms with Gasteiger partial charge in [0.05, 0.1) is 25.0 Å². The fourth-order valence-corrected chi connectivity index (χ4v) is 1.98. The van der Waals surface area contributed by atoms with Gasteiger partial charge in [-0.2, -0.15) is 5.10 Å². The van der Waals surface area contributed by atoms with Gasteiger partial charge in [-0.15, -0.1) is 0 Å². The number of methoxy groups -OCH3 is 1. The first-order chi connectivity index (χ1) is 8.61. The molecule has 5 heteroatoms. The van der Waals surface area contributed by atoms with E-state index in [1.165, 1.54) is 12.1 Å². The van der Waals surface area contributed by atoms with E-state index in [1.807, 2.05) is 7.05 Å². The molecule has 1 unspecified atom stereocenters. The second-order valence-electron chi connectivity index (χ2n) is 4.16. The first-order valence-corrected chi connectivity index (χ1v) is 5.67. The third kappa shape index (κ3) is 2.51. The Balaban J connectivity index is 2.18. The van der Waals surface area contributed by atoms with E-state index in [1.54, 1.807) is 30.1 Å². The largest absolute Gasteiger partial charge is 0.493 e. The molecule has 0 aliphatic carbocycles.